The quantitative estimate of drug-likeness (QED) is 0.597. The van der Waals surface area contributed by atoms with Crippen molar-refractivity contribution >= 4 is 10.8 Å². The standard InChI is InChI=1S/C18H14/c1-2-4-6-10-16-12-8-14-17-13-7-11-15(18(16)17)9-5-3-1/h7-8,11-14H,1-4H2. The van der Waals surface area contributed by atoms with E-state index in [2.05, 4.69) is 60.1 Å². The molecule has 0 nitrogen and oxygen atoms in total. The van der Waals surface area contributed by atoms with Crippen molar-refractivity contribution in [2.75, 3.05) is 0 Å². The molecular formula is C18H14. The molecule has 0 aliphatic heterocycles. The van der Waals surface area contributed by atoms with Gasteiger partial charge in [-0.3, -0.25) is 0 Å². The molecule has 18 heavy (non-hydrogen) atoms. The first kappa shape index (κ1) is 10.9. The van der Waals surface area contributed by atoms with Crippen LogP contribution in [0.4, 0.5) is 0 Å². The van der Waals surface area contributed by atoms with Gasteiger partial charge < -0.3 is 0 Å². The molecule has 0 atom stereocenters. The summed E-state index contributed by atoms with van der Waals surface area (Å²) in [6.07, 6.45) is 4.24. The van der Waals surface area contributed by atoms with Crippen LogP contribution in [-0.4, -0.2) is 0 Å². The second kappa shape index (κ2) is 4.99. The van der Waals surface area contributed by atoms with E-state index >= 15 is 0 Å². The third-order valence-electron chi connectivity index (χ3n) is 3.20. The molecule has 0 heteroatoms. The summed E-state index contributed by atoms with van der Waals surface area (Å²) in [6, 6.07) is 12.6. The summed E-state index contributed by atoms with van der Waals surface area (Å²) in [5.74, 6) is 13.2. The molecule has 0 N–H and O–H groups in total. The van der Waals surface area contributed by atoms with Gasteiger partial charge in [-0.15, -0.1) is 0 Å². The fourth-order valence-corrected chi connectivity index (χ4v) is 2.29. The van der Waals surface area contributed by atoms with Gasteiger partial charge in [0, 0.05) is 29.4 Å². The molecule has 3 rings (SSSR count). The Hall–Kier alpha value is -2.18. The van der Waals surface area contributed by atoms with E-state index < -0.39 is 0 Å². The minimum absolute atomic E-state index is 0.972. The average molecular weight is 230 g/mol. The zero-order chi connectivity index (χ0) is 12.2. The Labute approximate surface area is 108 Å². The maximum atomic E-state index is 3.31. The smallest absolute Gasteiger partial charge is 0.0336 e. The molecule has 0 radical (unpaired) electrons. The number of rotatable bonds is 0. The maximum Gasteiger partial charge on any atom is 0.0336 e. The third kappa shape index (κ3) is 2.11. The predicted molar refractivity (Wildman–Crippen MR) is 76.2 cm³/mol. The van der Waals surface area contributed by atoms with Crippen molar-refractivity contribution in [2.45, 2.75) is 25.7 Å². The zero-order valence-electron chi connectivity index (χ0n) is 10.3. The summed E-state index contributed by atoms with van der Waals surface area (Å²) >= 11 is 0. The normalized spacial score (nSPS) is 13.8. The summed E-state index contributed by atoms with van der Waals surface area (Å²) in [6.45, 7) is 0. The number of hydrogen-bond donors (Lipinski definition) is 0. The van der Waals surface area contributed by atoms with Crippen molar-refractivity contribution in [3.63, 3.8) is 0 Å². The van der Waals surface area contributed by atoms with E-state index in [0.29, 0.717) is 0 Å². The summed E-state index contributed by atoms with van der Waals surface area (Å²) in [5.41, 5.74) is 2.22. The van der Waals surface area contributed by atoms with E-state index in [1.165, 1.54) is 10.8 Å². The van der Waals surface area contributed by atoms with Crippen LogP contribution in [0, 0.1) is 23.7 Å². The molecule has 0 amide bonds. The van der Waals surface area contributed by atoms with Gasteiger partial charge in [-0.05, 0) is 30.4 Å². The molecule has 0 fully saturated rings. The highest BCUT2D eigenvalue weighted by molar-refractivity contribution is 5.93. The summed E-state index contributed by atoms with van der Waals surface area (Å²) < 4.78 is 0. The Kier molecular flexibility index (Phi) is 3.03. The van der Waals surface area contributed by atoms with Crippen LogP contribution in [0.1, 0.15) is 36.8 Å². The van der Waals surface area contributed by atoms with Crippen molar-refractivity contribution in [1.82, 2.24) is 0 Å². The van der Waals surface area contributed by atoms with Gasteiger partial charge in [0.05, 0.1) is 0 Å². The van der Waals surface area contributed by atoms with Crippen LogP contribution in [0.15, 0.2) is 36.4 Å². The van der Waals surface area contributed by atoms with Gasteiger partial charge in [-0.1, -0.05) is 47.9 Å². The van der Waals surface area contributed by atoms with E-state index in [9.17, 15) is 0 Å². The van der Waals surface area contributed by atoms with E-state index in [0.717, 1.165) is 36.8 Å². The van der Waals surface area contributed by atoms with Crippen molar-refractivity contribution in [2.24, 2.45) is 0 Å². The predicted octanol–water partition coefficient (Wildman–Crippen LogP) is 4.12. The highest BCUT2D eigenvalue weighted by Crippen LogP contribution is 2.22. The minimum Gasteiger partial charge on any atom is -0.0979 e. The van der Waals surface area contributed by atoms with Gasteiger partial charge in [0.2, 0.25) is 0 Å². The molecule has 0 aromatic heterocycles. The van der Waals surface area contributed by atoms with Crippen LogP contribution in [-0.2, 0) is 0 Å². The van der Waals surface area contributed by atoms with E-state index in [1.807, 2.05) is 0 Å². The van der Waals surface area contributed by atoms with Crippen molar-refractivity contribution < 1.29 is 0 Å². The molecule has 2 aromatic rings. The molecule has 1 aliphatic carbocycles. The lowest BCUT2D eigenvalue weighted by Crippen LogP contribution is -1.84. The lowest BCUT2D eigenvalue weighted by Gasteiger charge is -2.03. The van der Waals surface area contributed by atoms with Gasteiger partial charge in [0.25, 0.3) is 0 Å². The molecule has 0 spiro atoms. The van der Waals surface area contributed by atoms with E-state index in [-0.39, 0.29) is 0 Å². The van der Waals surface area contributed by atoms with Gasteiger partial charge in [0.1, 0.15) is 0 Å². The van der Waals surface area contributed by atoms with Crippen LogP contribution in [0.3, 0.4) is 0 Å². The van der Waals surface area contributed by atoms with Crippen LogP contribution in [0.25, 0.3) is 10.8 Å². The molecule has 2 aromatic carbocycles. The van der Waals surface area contributed by atoms with Crippen molar-refractivity contribution in [3.05, 3.63) is 47.5 Å². The van der Waals surface area contributed by atoms with Crippen LogP contribution >= 0.6 is 0 Å². The van der Waals surface area contributed by atoms with Gasteiger partial charge in [-0.2, -0.15) is 0 Å². The molecule has 0 heterocycles. The van der Waals surface area contributed by atoms with Gasteiger partial charge >= 0.3 is 0 Å². The molecule has 1 aliphatic rings. The van der Waals surface area contributed by atoms with E-state index in [1.54, 1.807) is 0 Å². The Morgan fingerprint density at radius 3 is 1.83 bits per heavy atom. The van der Waals surface area contributed by atoms with Crippen LogP contribution < -0.4 is 0 Å². The maximum absolute atomic E-state index is 3.31. The monoisotopic (exact) mass is 230 g/mol. The highest BCUT2D eigenvalue weighted by atomic mass is 14.0. The van der Waals surface area contributed by atoms with Crippen LogP contribution in [0.2, 0.25) is 0 Å². The Morgan fingerprint density at radius 1 is 0.722 bits per heavy atom. The Bertz CT molecular complexity index is 641. The molecule has 86 valence electrons. The molecule has 0 saturated carbocycles. The third-order valence-corrected chi connectivity index (χ3v) is 3.20. The lowest BCUT2D eigenvalue weighted by atomic mass is 9.99. The first-order valence-electron chi connectivity index (χ1n) is 6.45. The zero-order valence-corrected chi connectivity index (χ0v) is 10.3. The van der Waals surface area contributed by atoms with Crippen molar-refractivity contribution in [1.29, 1.82) is 0 Å². The first-order valence-corrected chi connectivity index (χ1v) is 6.45. The largest absolute Gasteiger partial charge is 0.0979 e. The second-order valence-electron chi connectivity index (χ2n) is 4.52. The SMILES string of the molecule is C1#Cc2cccc3cccc(c23)C#CCCCC1. The summed E-state index contributed by atoms with van der Waals surface area (Å²) in [4.78, 5) is 0. The fourth-order valence-electron chi connectivity index (χ4n) is 2.29. The molecule has 0 unspecified atom stereocenters. The minimum atomic E-state index is 0.972. The number of hydrogen-bond acceptors (Lipinski definition) is 0. The van der Waals surface area contributed by atoms with Crippen LogP contribution in [0.5, 0.6) is 0 Å². The number of benzene rings is 2. The van der Waals surface area contributed by atoms with E-state index in [4.69, 9.17) is 0 Å². The van der Waals surface area contributed by atoms with Crippen molar-refractivity contribution in [3.8, 4) is 23.7 Å². The Balaban J connectivity index is 2.31. The van der Waals surface area contributed by atoms with Gasteiger partial charge in [-0.25, -0.2) is 0 Å². The Morgan fingerprint density at radius 2 is 1.28 bits per heavy atom. The molecule has 0 bridgehead atoms. The second-order valence-corrected chi connectivity index (χ2v) is 4.52. The molecule has 0 saturated heterocycles. The molecular weight excluding hydrogens is 216 g/mol. The topological polar surface area (TPSA) is 0 Å². The fraction of sp³-hybridized carbons (Fsp3) is 0.222. The summed E-state index contributed by atoms with van der Waals surface area (Å²) in [5, 5.41) is 2.44. The first-order chi connectivity index (χ1) is 8.95. The summed E-state index contributed by atoms with van der Waals surface area (Å²) in [7, 11) is 0. The average Bonchev–Trinajstić information content (AvgIpc) is 2.45. The lowest BCUT2D eigenvalue weighted by molar-refractivity contribution is 0.782. The highest BCUT2D eigenvalue weighted by Gasteiger charge is 2.03. The van der Waals surface area contributed by atoms with Gasteiger partial charge in [0.15, 0.2) is 0 Å².